The number of hydrogen-bond donors (Lipinski definition) is 0. The number of nitro benzene ring substituents is 1. The van der Waals surface area contributed by atoms with Crippen LogP contribution in [0.3, 0.4) is 0 Å². The van der Waals surface area contributed by atoms with Crippen molar-refractivity contribution in [2.75, 3.05) is 7.11 Å². The van der Waals surface area contributed by atoms with E-state index in [9.17, 15) is 19.7 Å². The van der Waals surface area contributed by atoms with Gasteiger partial charge in [-0.25, -0.2) is 0 Å². The lowest BCUT2D eigenvalue weighted by molar-refractivity contribution is -0.385. The van der Waals surface area contributed by atoms with Crippen molar-refractivity contribution in [3.05, 3.63) is 103 Å². The number of hydrogen-bond acceptors (Lipinski definition) is 7. The number of methoxy groups -OCH3 is 1. The molecule has 8 nitrogen and oxygen atoms in total. The second-order valence-corrected chi connectivity index (χ2v) is 9.31. The van der Waals surface area contributed by atoms with Crippen LogP contribution >= 0.6 is 27.7 Å². The smallest absolute Gasteiger partial charge is 0.293 e. The van der Waals surface area contributed by atoms with Crippen LogP contribution in [-0.2, 0) is 17.9 Å². The van der Waals surface area contributed by atoms with Gasteiger partial charge in [0.25, 0.3) is 16.8 Å². The Bertz CT molecular complexity index is 1330. The van der Waals surface area contributed by atoms with Crippen molar-refractivity contribution >= 4 is 50.6 Å². The molecule has 1 fully saturated rings. The van der Waals surface area contributed by atoms with Gasteiger partial charge < -0.3 is 9.47 Å². The average molecular weight is 555 g/mol. The molecule has 3 aromatic rings. The molecule has 0 spiro atoms. The van der Waals surface area contributed by atoms with E-state index in [4.69, 9.17) is 9.47 Å². The highest BCUT2D eigenvalue weighted by molar-refractivity contribution is 9.10. The fourth-order valence-electron chi connectivity index (χ4n) is 3.47. The van der Waals surface area contributed by atoms with E-state index in [1.54, 1.807) is 24.3 Å². The molecule has 0 unspecified atom stereocenters. The number of carbonyl (C=O) groups is 2. The molecule has 0 aromatic heterocycles. The number of rotatable bonds is 8. The highest BCUT2D eigenvalue weighted by atomic mass is 79.9. The summed E-state index contributed by atoms with van der Waals surface area (Å²) in [7, 11) is 1.52. The molecule has 1 aliphatic heterocycles. The molecule has 1 heterocycles. The molecule has 0 N–H and O–H groups in total. The second-order valence-electron chi connectivity index (χ2n) is 7.46. The van der Waals surface area contributed by atoms with E-state index in [0.717, 1.165) is 22.2 Å². The van der Waals surface area contributed by atoms with Gasteiger partial charge in [0.2, 0.25) is 0 Å². The summed E-state index contributed by atoms with van der Waals surface area (Å²) < 4.78 is 12.0. The number of carbonyl (C=O) groups excluding carboxylic acids is 2. The fourth-order valence-corrected chi connectivity index (χ4v) is 4.89. The van der Waals surface area contributed by atoms with E-state index in [0.29, 0.717) is 28.1 Å². The molecule has 178 valence electrons. The number of nitro groups is 1. The van der Waals surface area contributed by atoms with Crippen LogP contribution < -0.4 is 9.47 Å². The fraction of sp³-hybridized carbons (Fsp3) is 0.120. The number of para-hydroxylation sites is 1. The third-order valence-electron chi connectivity index (χ3n) is 5.17. The molecule has 1 aliphatic rings. The Kier molecular flexibility index (Phi) is 7.52. The van der Waals surface area contributed by atoms with Gasteiger partial charge in [-0.05, 0) is 57.0 Å². The normalized spacial score (nSPS) is 14.5. The summed E-state index contributed by atoms with van der Waals surface area (Å²) in [6.07, 6.45) is 1.58. The van der Waals surface area contributed by atoms with Crippen molar-refractivity contribution in [1.82, 2.24) is 4.90 Å². The second kappa shape index (κ2) is 10.7. The zero-order valence-corrected chi connectivity index (χ0v) is 20.9. The molecule has 10 heteroatoms. The van der Waals surface area contributed by atoms with Crippen LogP contribution in [0.2, 0.25) is 0 Å². The van der Waals surface area contributed by atoms with Gasteiger partial charge in [0.05, 0.1) is 28.0 Å². The van der Waals surface area contributed by atoms with Crippen molar-refractivity contribution in [2.24, 2.45) is 0 Å². The molecule has 4 rings (SSSR count). The Morgan fingerprint density at radius 1 is 1.09 bits per heavy atom. The SMILES string of the molecule is COc1cc(/C=C2/SC(=O)N(Cc3ccccc3[N+](=O)[O-])C2=O)cc(Br)c1OCc1ccccc1. The molecule has 0 bridgehead atoms. The summed E-state index contributed by atoms with van der Waals surface area (Å²) in [5, 5.41) is 10.8. The predicted molar refractivity (Wildman–Crippen MR) is 136 cm³/mol. The molecule has 2 amide bonds. The maximum absolute atomic E-state index is 12.9. The molecular formula is C25H19BrN2O6S. The van der Waals surface area contributed by atoms with E-state index in [1.165, 1.54) is 25.3 Å². The van der Waals surface area contributed by atoms with E-state index < -0.39 is 16.1 Å². The van der Waals surface area contributed by atoms with Crippen molar-refractivity contribution < 1.29 is 24.0 Å². The van der Waals surface area contributed by atoms with Gasteiger partial charge in [-0.2, -0.15) is 0 Å². The van der Waals surface area contributed by atoms with Gasteiger partial charge >= 0.3 is 0 Å². The zero-order chi connectivity index (χ0) is 24.9. The molecule has 0 atom stereocenters. The third kappa shape index (κ3) is 5.55. The molecule has 1 saturated heterocycles. The topological polar surface area (TPSA) is 99.0 Å². The van der Waals surface area contributed by atoms with Crippen molar-refractivity contribution in [3.8, 4) is 11.5 Å². The highest BCUT2D eigenvalue weighted by Gasteiger charge is 2.36. The molecule has 3 aromatic carbocycles. The number of ether oxygens (including phenoxy) is 2. The summed E-state index contributed by atoms with van der Waals surface area (Å²) in [6.45, 7) is 0.165. The first-order valence-corrected chi connectivity index (χ1v) is 12.0. The summed E-state index contributed by atoms with van der Waals surface area (Å²) in [4.78, 5) is 37.5. The first-order chi connectivity index (χ1) is 16.9. The summed E-state index contributed by atoms with van der Waals surface area (Å²) >= 11 is 4.28. The van der Waals surface area contributed by atoms with E-state index in [2.05, 4.69) is 15.9 Å². The van der Waals surface area contributed by atoms with Gasteiger partial charge in [0.15, 0.2) is 11.5 Å². The lowest BCUT2D eigenvalue weighted by atomic mass is 10.1. The van der Waals surface area contributed by atoms with Gasteiger partial charge in [0, 0.05) is 11.6 Å². The standard InChI is InChI=1S/C25H19BrN2O6S/c1-33-21-12-17(11-19(26)23(21)34-15-16-7-3-2-4-8-16)13-22-24(29)27(25(30)35-22)14-18-9-5-6-10-20(18)28(31)32/h2-13H,14-15H2,1H3/b22-13+. The summed E-state index contributed by atoms with van der Waals surface area (Å²) in [6, 6.07) is 19.2. The van der Waals surface area contributed by atoms with Crippen LogP contribution in [0.4, 0.5) is 10.5 Å². The lowest BCUT2D eigenvalue weighted by Crippen LogP contribution is -2.27. The summed E-state index contributed by atoms with van der Waals surface area (Å²) in [5.74, 6) is 0.455. The number of amides is 2. The van der Waals surface area contributed by atoms with E-state index in [1.807, 2.05) is 30.3 Å². The number of halogens is 1. The van der Waals surface area contributed by atoms with Crippen LogP contribution in [0, 0.1) is 10.1 Å². The van der Waals surface area contributed by atoms with E-state index >= 15 is 0 Å². The zero-order valence-electron chi connectivity index (χ0n) is 18.5. The Morgan fingerprint density at radius 3 is 2.51 bits per heavy atom. The Morgan fingerprint density at radius 2 is 1.80 bits per heavy atom. The first-order valence-electron chi connectivity index (χ1n) is 10.4. The van der Waals surface area contributed by atoms with Gasteiger partial charge in [-0.15, -0.1) is 0 Å². The lowest BCUT2D eigenvalue weighted by Gasteiger charge is -2.14. The minimum Gasteiger partial charge on any atom is -0.493 e. The van der Waals surface area contributed by atoms with Crippen molar-refractivity contribution in [3.63, 3.8) is 0 Å². The van der Waals surface area contributed by atoms with Crippen LogP contribution in [0.25, 0.3) is 6.08 Å². The Labute approximate surface area is 213 Å². The number of benzene rings is 3. The van der Waals surface area contributed by atoms with Gasteiger partial charge in [0.1, 0.15) is 6.61 Å². The maximum atomic E-state index is 12.9. The molecule has 0 radical (unpaired) electrons. The Hall–Kier alpha value is -3.63. The molecule has 0 saturated carbocycles. The molecule has 0 aliphatic carbocycles. The quantitative estimate of drug-likeness (QED) is 0.186. The number of imide groups is 1. The van der Waals surface area contributed by atoms with E-state index in [-0.39, 0.29) is 22.7 Å². The number of thioether (sulfide) groups is 1. The third-order valence-corrected chi connectivity index (χ3v) is 6.66. The van der Waals surface area contributed by atoms with Crippen LogP contribution in [0.5, 0.6) is 11.5 Å². The highest BCUT2D eigenvalue weighted by Crippen LogP contribution is 2.40. The van der Waals surface area contributed by atoms with Crippen LogP contribution in [-0.4, -0.2) is 28.1 Å². The van der Waals surface area contributed by atoms with Crippen LogP contribution in [0.15, 0.2) is 76.1 Å². The monoisotopic (exact) mass is 554 g/mol. The minimum absolute atomic E-state index is 0.143. The van der Waals surface area contributed by atoms with Crippen molar-refractivity contribution in [2.45, 2.75) is 13.2 Å². The first kappa shape index (κ1) is 24.5. The average Bonchev–Trinajstić information content (AvgIpc) is 3.11. The minimum atomic E-state index is -0.532. The maximum Gasteiger partial charge on any atom is 0.293 e. The molecule has 35 heavy (non-hydrogen) atoms. The molecular weight excluding hydrogens is 536 g/mol. The van der Waals surface area contributed by atoms with Crippen molar-refractivity contribution in [1.29, 1.82) is 0 Å². The van der Waals surface area contributed by atoms with Gasteiger partial charge in [-0.3, -0.25) is 24.6 Å². The largest absolute Gasteiger partial charge is 0.493 e. The van der Waals surface area contributed by atoms with Crippen LogP contribution in [0.1, 0.15) is 16.7 Å². The number of nitrogens with zero attached hydrogens (tertiary/aromatic N) is 2. The Balaban J connectivity index is 1.55. The summed E-state index contributed by atoms with van der Waals surface area (Å²) in [5.41, 5.74) is 1.76. The predicted octanol–water partition coefficient (Wildman–Crippen LogP) is 6.18. The van der Waals surface area contributed by atoms with Gasteiger partial charge in [-0.1, -0.05) is 48.5 Å².